The number of thiazole rings is 1. The lowest BCUT2D eigenvalue weighted by Gasteiger charge is -2.31. The topological polar surface area (TPSA) is 50.3 Å². The monoisotopic (exact) mass is 514 g/mol. The standard InChI is InChI=1S/C20H17BrClFN2O2S2/c21-14-2-4-15(5-3-14)29(26,27)16-7-9-25(10-8-16)20-24-19(12-28-20)13-1-6-17(22)18(23)11-13/h1-6,11-12,16H,7-10H2. The minimum absolute atomic E-state index is 0.0817. The molecule has 1 aliphatic heterocycles. The molecule has 0 unspecified atom stereocenters. The summed E-state index contributed by atoms with van der Waals surface area (Å²) in [6, 6.07) is 11.4. The minimum atomic E-state index is -3.35. The Balaban J connectivity index is 1.45. The zero-order chi connectivity index (χ0) is 20.6. The Hall–Kier alpha value is -1.48. The van der Waals surface area contributed by atoms with Crippen LogP contribution in [0.3, 0.4) is 0 Å². The summed E-state index contributed by atoms with van der Waals surface area (Å²) in [5.41, 5.74) is 1.35. The Labute approximate surface area is 186 Å². The average molecular weight is 516 g/mol. The second kappa shape index (κ2) is 8.34. The van der Waals surface area contributed by atoms with Crippen LogP contribution >= 0.6 is 38.9 Å². The van der Waals surface area contributed by atoms with E-state index in [1.54, 1.807) is 30.3 Å². The predicted octanol–water partition coefficient (Wildman–Crippen LogP) is 5.81. The average Bonchev–Trinajstić information content (AvgIpc) is 3.21. The van der Waals surface area contributed by atoms with Crippen molar-refractivity contribution in [1.82, 2.24) is 4.98 Å². The van der Waals surface area contributed by atoms with Crippen molar-refractivity contribution in [2.75, 3.05) is 18.0 Å². The molecule has 1 saturated heterocycles. The number of piperidine rings is 1. The number of sulfone groups is 1. The second-order valence-corrected chi connectivity index (χ2v) is 11.2. The summed E-state index contributed by atoms with van der Waals surface area (Å²) in [7, 11) is -3.35. The van der Waals surface area contributed by atoms with E-state index in [1.165, 1.54) is 23.5 Å². The number of nitrogens with zero attached hydrogens (tertiary/aromatic N) is 2. The van der Waals surface area contributed by atoms with E-state index in [0.717, 1.165) is 9.60 Å². The maximum absolute atomic E-state index is 13.7. The first-order valence-electron chi connectivity index (χ1n) is 9.00. The van der Waals surface area contributed by atoms with Gasteiger partial charge in [0.25, 0.3) is 0 Å². The van der Waals surface area contributed by atoms with Crippen molar-refractivity contribution in [3.63, 3.8) is 0 Å². The number of benzene rings is 2. The Morgan fingerprint density at radius 1 is 1.14 bits per heavy atom. The summed E-state index contributed by atoms with van der Waals surface area (Å²) in [6.07, 6.45) is 1.09. The summed E-state index contributed by atoms with van der Waals surface area (Å²) in [5.74, 6) is -0.474. The quantitative estimate of drug-likeness (QED) is 0.440. The van der Waals surface area contributed by atoms with Crippen LogP contribution < -0.4 is 4.90 Å². The molecule has 3 aromatic rings. The molecular weight excluding hydrogens is 499 g/mol. The SMILES string of the molecule is O=S(=O)(c1ccc(Br)cc1)C1CCN(c2nc(-c3ccc(Cl)c(F)c3)cs2)CC1. The Kier molecular flexibility index (Phi) is 5.97. The lowest BCUT2D eigenvalue weighted by atomic mass is 10.1. The van der Waals surface area contributed by atoms with E-state index in [9.17, 15) is 12.8 Å². The smallest absolute Gasteiger partial charge is 0.185 e. The van der Waals surface area contributed by atoms with Gasteiger partial charge in [-0.1, -0.05) is 33.6 Å². The molecule has 4 nitrogen and oxygen atoms in total. The van der Waals surface area contributed by atoms with Crippen molar-refractivity contribution in [3.8, 4) is 11.3 Å². The van der Waals surface area contributed by atoms with Crippen LogP contribution in [0.25, 0.3) is 11.3 Å². The van der Waals surface area contributed by atoms with Gasteiger partial charge in [0, 0.05) is 28.5 Å². The van der Waals surface area contributed by atoms with Crippen LogP contribution in [0.15, 0.2) is 57.2 Å². The van der Waals surface area contributed by atoms with Gasteiger partial charge in [-0.3, -0.25) is 0 Å². The summed E-state index contributed by atoms with van der Waals surface area (Å²) in [6.45, 7) is 1.23. The van der Waals surface area contributed by atoms with E-state index in [0.29, 0.717) is 42.1 Å². The van der Waals surface area contributed by atoms with Crippen LogP contribution in [0.4, 0.5) is 9.52 Å². The predicted molar refractivity (Wildman–Crippen MR) is 119 cm³/mol. The van der Waals surface area contributed by atoms with Gasteiger partial charge >= 0.3 is 0 Å². The number of halogens is 3. The molecule has 2 heterocycles. The molecule has 0 atom stereocenters. The Morgan fingerprint density at radius 3 is 2.48 bits per heavy atom. The van der Waals surface area contributed by atoms with Crippen molar-refractivity contribution in [3.05, 3.63) is 63.2 Å². The zero-order valence-corrected chi connectivity index (χ0v) is 19.2. The van der Waals surface area contributed by atoms with Crippen LogP contribution in [0.1, 0.15) is 12.8 Å². The second-order valence-electron chi connectivity index (χ2n) is 6.83. The lowest BCUT2D eigenvalue weighted by molar-refractivity contribution is 0.529. The van der Waals surface area contributed by atoms with Crippen molar-refractivity contribution < 1.29 is 12.8 Å². The van der Waals surface area contributed by atoms with Crippen LogP contribution in [-0.4, -0.2) is 31.7 Å². The summed E-state index contributed by atoms with van der Waals surface area (Å²) < 4.78 is 40.4. The van der Waals surface area contributed by atoms with E-state index in [-0.39, 0.29) is 5.02 Å². The molecule has 29 heavy (non-hydrogen) atoms. The fourth-order valence-electron chi connectivity index (χ4n) is 3.37. The molecule has 0 radical (unpaired) electrons. The maximum Gasteiger partial charge on any atom is 0.185 e. The van der Waals surface area contributed by atoms with Crippen molar-refractivity contribution in [2.24, 2.45) is 0 Å². The molecule has 1 fully saturated rings. The van der Waals surface area contributed by atoms with Crippen LogP contribution in [0, 0.1) is 5.82 Å². The highest BCUT2D eigenvalue weighted by atomic mass is 79.9. The molecule has 0 N–H and O–H groups in total. The molecule has 1 aliphatic rings. The van der Waals surface area contributed by atoms with Crippen molar-refractivity contribution in [2.45, 2.75) is 23.0 Å². The molecular formula is C20H17BrClFN2O2S2. The third kappa shape index (κ3) is 4.35. The number of rotatable bonds is 4. The zero-order valence-electron chi connectivity index (χ0n) is 15.2. The number of aromatic nitrogens is 1. The first kappa shape index (κ1) is 20.8. The Bertz CT molecular complexity index is 1130. The third-order valence-corrected chi connectivity index (χ3v) is 9.02. The number of hydrogen-bond donors (Lipinski definition) is 0. The van der Waals surface area contributed by atoms with Gasteiger partial charge in [0.15, 0.2) is 15.0 Å². The van der Waals surface area contributed by atoms with Gasteiger partial charge in [0.1, 0.15) is 5.82 Å². The summed E-state index contributed by atoms with van der Waals surface area (Å²) in [5, 5.41) is 2.38. The van der Waals surface area contributed by atoms with E-state index in [1.807, 2.05) is 5.38 Å². The first-order chi connectivity index (χ1) is 13.8. The van der Waals surface area contributed by atoms with Gasteiger partial charge in [0.05, 0.1) is 20.9 Å². The van der Waals surface area contributed by atoms with E-state index >= 15 is 0 Å². The maximum atomic E-state index is 13.7. The summed E-state index contributed by atoms with van der Waals surface area (Å²) in [4.78, 5) is 7.06. The molecule has 2 aromatic carbocycles. The molecule has 0 aliphatic carbocycles. The van der Waals surface area contributed by atoms with Crippen LogP contribution in [0.5, 0.6) is 0 Å². The molecule has 0 amide bonds. The number of anilines is 1. The van der Waals surface area contributed by atoms with Gasteiger partial charge in [-0.2, -0.15) is 0 Å². The third-order valence-electron chi connectivity index (χ3n) is 5.00. The van der Waals surface area contributed by atoms with Gasteiger partial charge in [-0.15, -0.1) is 11.3 Å². The summed E-state index contributed by atoms with van der Waals surface area (Å²) >= 11 is 10.6. The minimum Gasteiger partial charge on any atom is -0.348 e. The highest BCUT2D eigenvalue weighted by Gasteiger charge is 2.32. The van der Waals surface area contributed by atoms with E-state index in [4.69, 9.17) is 11.6 Å². The normalized spacial score (nSPS) is 15.6. The van der Waals surface area contributed by atoms with Crippen LogP contribution in [0.2, 0.25) is 5.02 Å². The van der Waals surface area contributed by atoms with Crippen LogP contribution in [-0.2, 0) is 9.84 Å². The van der Waals surface area contributed by atoms with Gasteiger partial charge in [-0.25, -0.2) is 17.8 Å². The molecule has 1 aromatic heterocycles. The van der Waals surface area contributed by atoms with Gasteiger partial charge in [-0.05, 0) is 49.2 Å². The fraction of sp³-hybridized carbons (Fsp3) is 0.250. The first-order valence-corrected chi connectivity index (χ1v) is 12.6. The fourth-order valence-corrected chi connectivity index (χ4v) is 6.37. The van der Waals surface area contributed by atoms with Crippen molar-refractivity contribution in [1.29, 1.82) is 0 Å². The number of hydrogen-bond acceptors (Lipinski definition) is 5. The van der Waals surface area contributed by atoms with E-state index in [2.05, 4.69) is 25.8 Å². The largest absolute Gasteiger partial charge is 0.348 e. The highest BCUT2D eigenvalue weighted by molar-refractivity contribution is 9.10. The molecule has 4 rings (SSSR count). The molecule has 0 saturated carbocycles. The molecule has 0 spiro atoms. The highest BCUT2D eigenvalue weighted by Crippen LogP contribution is 2.32. The van der Waals surface area contributed by atoms with Gasteiger partial charge < -0.3 is 4.90 Å². The molecule has 9 heteroatoms. The molecule has 152 valence electrons. The Morgan fingerprint density at radius 2 is 1.83 bits per heavy atom. The van der Waals surface area contributed by atoms with Gasteiger partial charge in [0.2, 0.25) is 0 Å². The molecule has 0 bridgehead atoms. The van der Waals surface area contributed by atoms with Crippen molar-refractivity contribution >= 4 is 53.8 Å². The lowest BCUT2D eigenvalue weighted by Crippen LogP contribution is -2.39. The van der Waals surface area contributed by atoms with E-state index < -0.39 is 20.9 Å².